The number of alkyl halides is 3. The molecule has 0 saturated carbocycles. The van der Waals surface area contributed by atoms with Gasteiger partial charge in [0, 0.05) is 13.0 Å². The minimum Gasteiger partial charge on any atom is -0.369 e. The fraction of sp³-hybridized carbons (Fsp3) is 0.364. The minimum atomic E-state index is -4.12. The lowest BCUT2D eigenvalue weighted by Gasteiger charge is -2.08. The smallest absolute Gasteiger partial charge is 0.369 e. The van der Waals surface area contributed by atoms with Gasteiger partial charge in [-0.05, 0) is 18.6 Å². The zero-order valence-corrected chi connectivity index (χ0v) is 9.04. The van der Waals surface area contributed by atoms with Gasteiger partial charge in [-0.15, -0.1) is 0 Å². The van der Waals surface area contributed by atoms with Crippen LogP contribution in [0.15, 0.2) is 24.3 Å². The quantitative estimate of drug-likeness (QED) is 0.900. The molecule has 0 amide bonds. The van der Waals surface area contributed by atoms with Crippen LogP contribution < -0.4 is 5.73 Å². The van der Waals surface area contributed by atoms with Crippen molar-refractivity contribution in [2.24, 2.45) is 0 Å². The highest BCUT2D eigenvalue weighted by Crippen LogP contribution is 2.23. The Balaban J connectivity index is 2.15. The molecular formula is C11H12F3N3. The van der Waals surface area contributed by atoms with Gasteiger partial charge >= 0.3 is 6.18 Å². The summed E-state index contributed by atoms with van der Waals surface area (Å²) in [5.74, 6) is 0.258. The standard InChI is InChI=1S/C11H12F3N3/c12-11(13,14)6-3-7-17-9-5-2-1-4-8(9)16-10(17)15/h1-2,4-5H,3,6-7H2,(H2,15,16). The second kappa shape index (κ2) is 4.27. The molecule has 6 heteroatoms. The zero-order chi connectivity index (χ0) is 12.5. The van der Waals surface area contributed by atoms with Crippen molar-refractivity contribution in [2.45, 2.75) is 25.6 Å². The molecule has 1 aromatic heterocycles. The third-order valence-corrected chi connectivity index (χ3v) is 2.53. The lowest BCUT2D eigenvalue weighted by atomic mass is 10.3. The van der Waals surface area contributed by atoms with E-state index >= 15 is 0 Å². The van der Waals surface area contributed by atoms with Gasteiger partial charge in [-0.2, -0.15) is 13.2 Å². The fourth-order valence-electron chi connectivity index (χ4n) is 1.77. The average molecular weight is 243 g/mol. The van der Waals surface area contributed by atoms with E-state index in [2.05, 4.69) is 4.98 Å². The number of halogens is 3. The molecule has 0 aliphatic rings. The van der Waals surface area contributed by atoms with Crippen molar-refractivity contribution < 1.29 is 13.2 Å². The van der Waals surface area contributed by atoms with E-state index in [0.717, 1.165) is 5.52 Å². The summed E-state index contributed by atoms with van der Waals surface area (Å²) in [5.41, 5.74) is 7.15. The van der Waals surface area contributed by atoms with Crippen LogP contribution in [0.1, 0.15) is 12.8 Å². The maximum Gasteiger partial charge on any atom is 0.389 e. The summed E-state index contributed by atoms with van der Waals surface area (Å²) in [4.78, 5) is 4.09. The number of nitrogens with zero attached hydrogens (tertiary/aromatic N) is 2. The first-order valence-corrected chi connectivity index (χ1v) is 5.25. The first-order valence-electron chi connectivity index (χ1n) is 5.25. The van der Waals surface area contributed by atoms with Gasteiger partial charge < -0.3 is 10.3 Å². The molecule has 1 aromatic carbocycles. The SMILES string of the molecule is Nc1nc2ccccc2n1CCCC(F)(F)F. The van der Waals surface area contributed by atoms with Crippen molar-refractivity contribution >= 4 is 17.0 Å². The Labute approximate surface area is 96.0 Å². The third-order valence-electron chi connectivity index (χ3n) is 2.53. The monoisotopic (exact) mass is 243 g/mol. The van der Waals surface area contributed by atoms with Gasteiger partial charge in [-0.1, -0.05) is 12.1 Å². The van der Waals surface area contributed by atoms with Gasteiger partial charge in [-0.25, -0.2) is 4.98 Å². The maximum absolute atomic E-state index is 12.0. The summed E-state index contributed by atoms with van der Waals surface area (Å²) in [7, 11) is 0. The molecule has 92 valence electrons. The highest BCUT2D eigenvalue weighted by molar-refractivity contribution is 5.78. The normalized spacial score (nSPS) is 12.2. The van der Waals surface area contributed by atoms with Gasteiger partial charge in [0.2, 0.25) is 5.95 Å². The molecular weight excluding hydrogens is 231 g/mol. The van der Waals surface area contributed by atoms with Crippen LogP contribution >= 0.6 is 0 Å². The first kappa shape index (κ1) is 11.8. The first-order chi connectivity index (χ1) is 7.97. The molecule has 2 aromatic rings. The summed E-state index contributed by atoms with van der Waals surface area (Å²) >= 11 is 0. The zero-order valence-electron chi connectivity index (χ0n) is 9.04. The van der Waals surface area contributed by atoms with Gasteiger partial charge in [0.15, 0.2) is 0 Å². The van der Waals surface area contributed by atoms with E-state index in [4.69, 9.17) is 5.73 Å². The number of hydrogen-bond acceptors (Lipinski definition) is 2. The highest BCUT2D eigenvalue weighted by atomic mass is 19.4. The second-order valence-electron chi connectivity index (χ2n) is 3.83. The van der Waals surface area contributed by atoms with Crippen LogP contribution in [-0.2, 0) is 6.54 Å². The third kappa shape index (κ3) is 2.69. The number of aryl methyl sites for hydroxylation is 1. The molecule has 0 aliphatic heterocycles. The predicted octanol–water partition coefficient (Wildman–Crippen LogP) is 2.96. The summed E-state index contributed by atoms with van der Waals surface area (Å²) < 4.78 is 37.7. The molecule has 0 radical (unpaired) electrons. The van der Waals surface area contributed by atoms with Crippen LogP contribution in [0.5, 0.6) is 0 Å². The van der Waals surface area contributed by atoms with Gasteiger partial charge in [0.1, 0.15) is 0 Å². The van der Waals surface area contributed by atoms with Gasteiger partial charge in [0.25, 0.3) is 0 Å². The topological polar surface area (TPSA) is 43.8 Å². The van der Waals surface area contributed by atoms with Crippen molar-refractivity contribution in [1.29, 1.82) is 0 Å². The Morgan fingerprint density at radius 2 is 1.94 bits per heavy atom. The molecule has 0 aliphatic carbocycles. The second-order valence-corrected chi connectivity index (χ2v) is 3.83. The minimum absolute atomic E-state index is 0.00799. The van der Waals surface area contributed by atoms with Crippen LogP contribution in [0.4, 0.5) is 19.1 Å². The molecule has 0 saturated heterocycles. The number of imidazole rings is 1. The van der Waals surface area contributed by atoms with E-state index in [0.29, 0.717) is 5.52 Å². The van der Waals surface area contributed by atoms with Crippen molar-refractivity contribution in [1.82, 2.24) is 9.55 Å². The van der Waals surface area contributed by atoms with Crippen molar-refractivity contribution in [2.75, 3.05) is 5.73 Å². The number of fused-ring (bicyclic) bond motifs is 1. The van der Waals surface area contributed by atoms with Gasteiger partial charge in [-0.3, -0.25) is 0 Å². The van der Waals surface area contributed by atoms with E-state index < -0.39 is 12.6 Å². The molecule has 2 N–H and O–H groups in total. The number of nitrogens with two attached hydrogens (primary N) is 1. The number of rotatable bonds is 3. The number of anilines is 1. The Bertz CT molecular complexity index is 516. The number of aromatic nitrogens is 2. The average Bonchev–Trinajstić information content (AvgIpc) is 2.54. The van der Waals surface area contributed by atoms with Crippen LogP contribution in [0.25, 0.3) is 11.0 Å². The number of benzene rings is 1. The van der Waals surface area contributed by atoms with E-state index in [1.807, 2.05) is 12.1 Å². The molecule has 0 spiro atoms. The van der Waals surface area contributed by atoms with E-state index in [9.17, 15) is 13.2 Å². The van der Waals surface area contributed by atoms with Crippen LogP contribution in [0.2, 0.25) is 0 Å². The van der Waals surface area contributed by atoms with E-state index in [-0.39, 0.29) is 18.9 Å². The maximum atomic E-state index is 12.0. The summed E-state index contributed by atoms with van der Waals surface area (Å²) in [6.07, 6.45) is -4.92. The lowest BCUT2D eigenvalue weighted by molar-refractivity contribution is -0.135. The summed E-state index contributed by atoms with van der Waals surface area (Å²) in [5, 5.41) is 0. The Morgan fingerprint density at radius 3 is 2.65 bits per heavy atom. The van der Waals surface area contributed by atoms with Crippen molar-refractivity contribution in [3.05, 3.63) is 24.3 Å². The summed E-state index contributed by atoms with van der Waals surface area (Å²) in [6.45, 7) is 0.228. The number of hydrogen-bond donors (Lipinski definition) is 1. The summed E-state index contributed by atoms with van der Waals surface area (Å²) in [6, 6.07) is 7.21. The predicted molar refractivity (Wildman–Crippen MR) is 59.4 cm³/mol. The molecule has 3 nitrogen and oxygen atoms in total. The Hall–Kier alpha value is -1.72. The molecule has 0 atom stereocenters. The lowest BCUT2D eigenvalue weighted by Crippen LogP contribution is -2.10. The van der Waals surface area contributed by atoms with Crippen molar-refractivity contribution in [3.63, 3.8) is 0 Å². The largest absolute Gasteiger partial charge is 0.389 e. The van der Waals surface area contributed by atoms with Crippen LogP contribution in [0, 0.1) is 0 Å². The highest BCUT2D eigenvalue weighted by Gasteiger charge is 2.26. The van der Waals surface area contributed by atoms with Gasteiger partial charge in [0.05, 0.1) is 11.0 Å². The Morgan fingerprint density at radius 1 is 1.24 bits per heavy atom. The molecule has 1 heterocycles. The fourth-order valence-corrected chi connectivity index (χ4v) is 1.77. The number of para-hydroxylation sites is 2. The van der Waals surface area contributed by atoms with Crippen LogP contribution in [0.3, 0.4) is 0 Å². The van der Waals surface area contributed by atoms with Crippen molar-refractivity contribution in [3.8, 4) is 0 Å². The van der Waals surface area contributed by atoms with E-state index in [1.165, 1.54) is 0 Å². The molecule has 17 heavy (non-hydrogen) atoms. The van der Waals surface area contributed by atoms with Crippen LogP contribution in [-0.4, -0.2) is 15.7 Å². The van der Waals surface area contributed by atoms with E-state index in [1.54, 1.807) is 16.7 Å². The molecule has 0 unspecified atom stereocenters. The molecule has 0 bridgehead atoms. The Kier molecular flexibility index (Phi) is 2.95. The number of nitrogen functional groups attached to an aromatic ring is 1. The molecule has 2 rings (SSSR count). The molecule has 0 fully saturated rings.